The fourth-order valence-electron chi connectivity index (χ4n) is 3.53. The highest BCUT2D eigenvalue weighted by Crippen LogP contribution is 2.39. The number of benzene rings is 2. The number of hydrogen-bond acceptors (Lipinski definition) is 5. The SMILES string of the molecule is CC(C)Oc1ccc(/C(O)=C2\C(=O)C(=O)N(CCN(C)C)[C@H]2c2ccc(Cl)cc2)cc1. The number of likely N-dealkylation sites (N-methyl/N-ethyl adjacent to an activating group) is 1. The number of nitrogens with zero attached hydrogens (tertiary/aromatic N) is 2. The van der Waals surface area contributed by atoms with Crippen LogP contribution in [0, 0.1) is 0 Å². The Labute approximate surface area is 187 Å². The van der Waals surface area contributed by atoms with Gasteiger partial charge in [-0.05, 0) is 69.9 Å². The second-order valence-corrected chi connectivity index (χ2v) is 8.47. The number of likely N-dealkylation sites (tertiary alicyclic amines) is 1. The Morgan fingerprint density at radius 1 is 1.10 bits per heavy atom. The average molecular weight is 443 g/mol. The first-order chi connectivity index (χ1) is 14.7. The maximum atomic E-state index is 13.0. The molecule has 1 N–H and O–H groups in total. The number of rotatable bonds is 7. The Morgan fingerprint density at radius 3 is 2.26 bits per heavy atom. The Balaban J connectivity index is 2.06. The number of halogens is 1. The van der Waals surface area contributed by atoms with Crippen molar-refractivity contribution < 1.29 is 19.4 Å². The highest BCUT2D eigenvalue weighted by atomic mass is 35.5. The van der Waals surface area contributed by atoms with Gasteiger partial charge in [-0.3, -0.25) is 9.59 Å². The Bertz CT molecular complexity index is 982. The fourth-order valence-corrected chi connectivity index (χ4v) is 3.66. The first-order valence-corrected chi connectivity index (χ1v) is 10.5. The van der Waals surface area contributed by atoms with Crippen molar-refractivity contribution in [1.29, 1.82) is 0 Å². The van der Waals surface area contributed by atoms with Crippen molar-refractivity contribution in [3.63, 3.8) is 0 Å². The Kier molecular flexibility index (Phi) is 7.03. The molecular formula is C24H27ClN2O4. The first-order valence-electron chi connectivity index (χ1n) is 10.1. The number of Topliss-reactive ketones (excluding diaryl/α,β-unsaturated/α-hetero) is 1. The number of hydrogen-bond donors (Lipinski definition) is 1. The summed E-state index contributed by atoms with van der Waals surface area (Å²) in [6.45, 7) is 4.78. The summed E-state index contributed by atoms with van der Waals surface area (Å²) < 4.78 is 5.64. The first kappa shape index (κ1) is 22.8. The molecule has 1 aliphatic heterocycles. The van der Waals surface area contributed by atoms with Gasteiger partial charge in [0.25, 0.3) is 11.7 Å². The summed E-state index contributed by atoms with van der Waals surface area (Å²) in [5, 5.41) is 11.6. The van der Waals surface area contributed by atoms with Crippen LogP contribution in [0.1, 0.15) is 31.0 Å². The number of carbonyl (C=O) groups excluding carboxylic acids is 2. The molecule has 0 bridgehead atoms. The molecule has 2 aromatic carbocycles. The van der Waals surface area contributed by atoms with Gasteiger partial charge in [0, 0.05) is 23.7 Å². The molecular weight excluding hydrogens is 416 g/mol. The molecule has 0 radical (unpaired) electrons. The molecule has 1 fully saturated rings. The van der Waals surface area contributed by atoms with Crippen molar-refractivity contribution >= 4 is 29.1 Å². The molecule has 6 nitrogen and oxygen atoms in total. The van der Waals surface area contributed by atoms with Gasteiger partial charge in [-0.1, -0.05) is 23.7 Å². The van der Waals surface area contributed by atoms with Crippen molar-refractivity contribution in [3.8, 4) is 5.75 Å². The van der Waals surface area contributed by atoms with E-state index in [1.165, 1.54) is 4.90 Å². The van der Waals surface area contributed by atoms with Crippen LogP contribution in [0.5, 0.6) is 5.75 Å². The molecule has 0 spiro atoms. The monoisotopic (exact) mass is 442 g/mol. The molecule has 0 saturated carbocycles. The summed E-state index contributed by atoms with van der Waals surface area (Å²) >= 11 is 6.03. The summed E-state index contributed by atoms with van der Waals surface area (Å²) in [6.07, 6.45) is 0.0198. The van der Waals surface area contributed by atoms with Crippen LogP contribution in [-0.4, -0.2) is 59.9 Å². The highest BCUT2D eigenvalue weighted by Gasteiger charge is 2.45. The van der Waals surface area contributed by atoms with Crippen molar-refractivity contribution in [2.24, 2.45) is 0 Å². The third kappa shape index (κ3) is 5.09. The number of aliphatic hydroxyl groups excluding tert-OH is 1. The number of ketones is 1. The van der Waals surface area contributed by atoms with Crippen molar-refractivity contribution in [2.75, 3.05) is 27.2 Å². The molecule has 31 heavy (non-hydrogen) atoms. The van der Waals surface area contributed by atoms with Gasteiger partial charge in [0.1, 0.15) is 11.5 Å². The lowest BCUT2D eigenvalue weighted by molar-refractivity contribution is -0.140. The standard InChI is InChI=1S/C24H27ClN2O4/c1-15(2)31-19-11-7-17(8-12-19)22(28)20-21(16-5-9-18(25)10-6-16)27(14-13-26(3)4)24(30)23(20)29/h5-12,15,21,28H,13-14H2,1-4H3/b22-20+/t21-/m0/s1. The van der Waals surface area contributed by atoms with Gasteiger partial charge in [0.15, 0.2) is 0 Å². The quantitative estimate of drug-likeness (QED) is 0.397. The predicted octanol–water partition coefficient (Wildman–Crippen LogP) is 4.11. The summed E-state index contributed by atoms with van der Waals surface area (Å²) in [6, 6.07) is 13.1. The van der Waals surface area contributed by atoms with E-state index in [0.29, 0.717) is 35.0 Å². The van der Waals surface area contributed by atoms with Crippen LogP contribution in [0.25, 0.3) is 5.76 Å². The van der Waals surface area contributed by atoms with Crippen molar-refractivity contribution in [2.45, 2.75) is 26.0 Å². The molecule has 0 unspecified atom stereocenters. The smallest absolute Gasteiger partial charge is 0.295 e. The largest absolute Gasteiger partial charge is 0.507 e. The minimum atomic E-state index is -0.696. The maximum absolute atomic E-state index is 13.0. The molecule has 1 aliphatic rings. The van der Waals surface area contributed by atoms with E-state index in [9.17, 15) is 14.7 Å². The van der Waals surface area contributed by atoms with E-state index in [1.807, 2.05) is 32.8 Å². The Morgan fingerprint density at radius 2 is 1.71 bits per heavy atom. The lowest BCUT2D eigenvalue weighted by atomic mass is 9.95. The molecule has 1 saturated heterocycles. The number of amides is 1. The van der Waals surface area contributed by atoms with Crippen LogP contribution in [0.15, 0.2) is 54.1 Å². The molecule has 7 heteroatoms. The number of carbonyl (C=O) groups is 2. The molecule has 0 aliphatic carbocycles. The molecule has 1 amide bonds. The molecule has 1 atom stereocenters. The van der Waals surface area contributed by atoms with Crippen LogP contribution >= 0.6 is 11.6 Å². The van der Waals surface area contributed by atoms with Gasteiger partial charge in [0.05, 0.1) is 17.7 Å². The minimum absolute atomic E-state index is 0.0198. The molecule has 164 valence electrons. The van der Waals surface area contributed by atoms with Gasteiger partial charge >= 0.3 is 0 Å². The van der Waals surface area contributed by atoms with E-state index in [4.69, 9.17) is 16.3 Å². The van der Waals surface area contributed by atoms with E-state index in [1.54, 1.807) is 48.5 Å². The fraction of sp³-hybridized carbons (Fsp3) is 0.333. The van der Waals surface area contributed by atoms with E-state index >= 15 is 0 Å². The minimum Gasteiger partial charge on any atom is -0.507 e. The lowest BCUT2D eigenvalue weighted by Gasteiger charge is -2.26. The van der Waals surface area contributed by atoms with Crippen LogP contribution in [-0.2, 0) is 9.59 Å². The zero-order valence-electron chi connectivity index (χ0n) is 18.1. The second kappa shape index (κ2) is 9.54. The average Bonchev–Trinajstić information content (AvgIpc) is 2.97. The van der Waals surface area contributed by atoms with Crippen LogP contribution in [0.4, 0.5) is 0 Å². The van der Waals surface area contributed by atoms with Gasteiger partial charge in [-0.25, -0.2) is 0 Å². The molecule has 0 aromatic heterocycles. The zero-order valence-corrected chi connectivity index (χ0v) is 18.9. The van der Waals surface area contributed by atoms with Crippen LogP contribution < -0.4 is 4.74 Å². The normalized spacial score (nSPS) is 18.3. The predicted molar refractivity (Wildman–Crippen MR) is 121 cm³/mol. The summed E-state index contributed by atoms with van der Waals surface area (Å²) in [7, 11) is 3.79. The van der Waals surface area contributed by atoms with E-state index in [0.717, 1.165) is 0 Å². The topological polar surface area (TPSA) is 70.1 Å². The summed E-state index contributed by atoms with van der Waals surface area (Å²) in [4.78, 5) is 29.3. The van der Waals surface area contributed by atoms with Crippen molar-refractivity contribution in [3.05, 3.63) is 70.3 Å². The van der Waals surface area contributed by atoms with Gasteiger partial charge in [0.2, 0.25) is 0 Å². The van der Waals surface area contributed by atoms with Crippen molar-refractivity contribution in [1.82, 2.24) is 9.80 Å². The molecule has 1 heterocycles. The number of ether oxygens (including phenoxy) is 1. The zero-order chi connectivity index (χ0) is 22.7. The summed E-state index contributed by atoms with van der Waals surface area (Å²) in [5.41, 5.74) is 1.23. The van der Waals surface area contributed by atoms with E-state index in [-0.39, 0.29) is 17.4 Å². The van der Waals surface area contributed by atoms with Crippen LogP contribution in [0.3, 0.4) is 0 Å². The molecule has 2 aromatic rings. The van der Waals surface area contributed by atoms with E-state index in [2.05, 4.69) is 0 Å². The van der Waals surface area contributed by atoms with Crippen LogP contribution in [0.2, 0.25) is 5.02 Å². The van der Waals surface area contributed by atoms with Gasteiger partial charge in [-0.15, -0.1) is 0 Å². The highest BCUT2D eigenvalue weighted by molar-refractivity contribution is 6.46. The summed E-state index contributed by atoms with van der Waals surface area (Å²) in [5.74, 6) is -0.865. The van der Waals surface area contributed by atoms with Gasteiger partial charge in [-0.2, -0.15) is 0 Å². The lowest BCUT2D eigenvalue weighted by Crippen LogP contribution is -2.35. The Hall–Kier alpha value is -2.83. The third-order valence-corrected chi connectivity index (χ3v) is 5.27. The molecule has 3 rings (SSSR count). The second-order valence-electron chi connectivity index (χ2n) is 8.04. The number of aliphatic hydroxyl groups is 1. The maximum Gasteiger partial charge on any atom is 0.295 e. The van der Waals surface area contributed by atoms with Gasteiger partial charge < -0.3 is 19.6 Å². The third-order valence-electron chi connectivity index (χ3n) is 5.01. The van der Waals surface area contributed by atoms with E-state index < -0.39 is 17.7 Å².